The maximum absolute atomic E-state index is 11.3. The fraction of sp³-hybridized carbons (Fsp3) is 0.400. The SMILES string of the molecule is C=C(C(=O)O)C1CCCC(=C(Cl)Cl)C1c1csc(NC(C)=O)n1. The third kappa shape index (κ3) is 4.13. The van der Waals surface area contributed by atoms with Crippen LogP contribution in [-0.2, 0) is 9.59 Å². The zero-order chi connectivity index (χ0) is 17.1. The summed E-state index contributed by atoms with van der Waals surface area (Å²) in [7, 11) is 0. The van der Waals surface area contributed by atoms with Gasteiger partial charge in [-0.15, -0.1) is 11.3 Å². The Morgan fingerprint density at radius 3 is 2.74 bits per heavy atom. The molecule has 124 valence electrons. The highest BCUT2D eigenvalue weighted by Gasteiger charge is 2.37. The number of nitrogens with one attached hydrogen (secondary N) is 1. The van der Waals surface area contributed by atoms with Gasteiger partial charge in [-0.05, 0) is 24.8 Å². The van der Waals surface area contributed by atoms with Crippen LogP contribution in [0.25, 0.3) is 0 Å². The highest BCUT2D eigenvalue weighted by molar-refractivity contribution is 7.13. The molecule has 2 N–H and O–H groups in total. The summed E-state index contributed by atoms with van der Waals surface area (Å²) < 4.78 is 0.145. The molecule has 0 spiro atoms. The van der Waals surface area contributed by atoms with E-state index in [4.69, 9.17) is 23.2 Å². The summed E-state index contributed by atoms with van der Waals surface area (Å²) in [4.78, 5) is 26.9. The van der Waals surface area contributed by atoms with Crippen LogP contribution in [0.2, 0.25) is 0 Å². The van der Waals surface area contributed by atoms with Crippen molar-refractivity contribution in [2.45, 2.75) is 32.1 Å². The molecule has 1 fully saturated rings. The molecule has 2 rings (SSSR count). The molecule has 1 aromatic rings. The molecule has 8 heteroatoms. The second-order valence-corrected chi connectivity index (χ2v) is 7.16. The predicted octanol–water partition coefficient (Wildman–Crippen LogP) is 4.32. The summed E-state index contributed by atoms with van der Waals surface area (Å²) in [5.41, 5.74) is 1.54. The highest BCUT2D eigenvalue weighted by atomic mass is 35.5. The van der Waals surface area contributed by atoms with E-state index in [1.165, 1.54) is 18.3 Å². The van der Waals surface area contributed by atoms with Crippen molar-refractivity contribution in [2.75, 3.05) is 5.32 Å². The van der Waals surface area contributed by atoms with Crippen molar-refractivity contribution in [3.63, 3.8) is 0 Å². The third-order valence-electron chi connectivity index (χ3n) is 3.83. The zero-order valence-electron chi connectivity index (χ0n) is 12.4. The van der Waals surface area contributed by atoms with Crippen molar-refractivity contribution in [3.8, 4) is 0 Å². The van der Waals surface area contributed by atoms with Crippen LogP contribution in [0.15, 0.2) is 27.6 Å². The van der Waals surface area contributed by atoms with Gasteiger partial charge in [0.15, 0.2) is 5.13 Å². The van der Waals surface area contributed by atoms with Gasteiger partial charge in [0.1, 0.15) is 4.49 Å². The van der Waals surface area contributed by atoms with Crippen LogP contribution < -0.4 is 5.32 Å². The fourth-order valence-corrected chi connectivity index (χ4v) is 4.06. The van der Waals surface area contributed by atoms with Crippen molar-refractivity contribution in [1.82, 2.24) is 4.98 Å². The maximum atomic E-state index is 11.3. The number of hydrogen-bond acceptors (Lipinski definition) is 4. The van der Waals surface area contributed by atoms with E-state index in [1.54, 1.807) is 5.38 Å². The van der Waals surface area contributed by atoms with Gasteiger partial charge in [0.2, 0.25) is 5.91 Å². The van der Waals surface area contributed by atoms with E-state index in [-0.39, 0.29) is 27.8 Å². The van der Waals surface area contributed by atoms with Crippen molar-refractivity contribution in [2.24, 2.45) is 5.92 Å². The standard InChI is InChI=1S/C15H16Cl2N2O3S/c1-7(14(21)22)9-4-3-5-10(13(16)17)12(9)11-6-23-15(19-11)18-8(2)20/h6,9,12H,1,3-5H2,2H3,(H,21,22)(H,18,19,20). The molecule has 0 radical (unpaired) electrons. The molecule has 1 aliphatic carbocycles. The topological polar surface area (TPSA) is 79.3 Å². The smallest absolute Gasteiger partial charge is 0.331 e. The molecule has 0 saturated heterocycles. The number of allylic oxidation sites excluding steroid dienone is 1. The molecule has 0 aliphatic heterocycles. The van der Waals surface area contributed by atoms with E-state index in [9.17, 15) is 14.7 Å². The first-order valence-electron chi connectivity index (χ1n) is 7.00. The van der Waals surface area contributed by atoms with Crippen LogP contribution >= 0.6 is 34.5 Å². The van der Waals surface area contributed by atoms with Gasteiger partial charge in [-0.1, -0.05) is 29.8 Å². The van der Waals surface area contributed by atoms with Crippen molar-refractivity contribution >= 4 is 51.5 Å². The Labute approximate surface area is 148 Å². The lowest BCUT2D eigenvalue weighted by atomic mass is 9.72. The third-order valence-corrected chi connectivity index (χ3v) is 5.09. The number of nitrogens with zero attached hydrogens (tertiary/aromatic N) is 1. The first-order chi connectivity index (χ1) is 10.8. The minimum Gasteiger partial charge on any atom is -0.478 e. The number of carbonyl (C=O) groups is 2. The number of hydrogen-bond donors (Lipinski definition) is 2. The van der Waals surface area contributed by atoms with Gasteiger partial charge >= 0.3 is 5.97 Å². The number of carboxylic acid groups (broad SMARTS) is 1. The molecule has 2 unspecified atom stereocenters. The molecule has 0 bridgehead atoms. The van der Waals surface area contributed by atoms with Crippen LogP contribution in [0.1, 0.15) is 37.8 Å². The Kier molecular flexibility index (Phi) is 5.84. The Morgan fingerprint density at radius 2 is 2.17 bits per heavy atom. The summed E-state index contributed by atoms with van der Waals surface area (Å²) in [5, 5.41) is 14.2. The molecule has 1 aromatic heterocycles. The summed E-state index contributed by atoms with van der Waals surface area (Å²) in [6.07, 6.45) is 2.14. The molecule has 1 heterocycles. The lowest BCUT2D eigenvalue weighted by Gasteiger charge is -2.33. The van der Waals surface area contributed by atoms with Gasteiger partial charge in [0, 0.05) is 29.7 Å². The average molecular weight is 375 g/mol. The first-order valence-corrected chi connectivity index (χ1v) is 8.64. The number of aromatic nitrogens is 1. The lowest BCUT2D eigenvalue weighted by molar-refractivity contribution is -0.133. The molecule has 1 aliphatic rings. The van der Waals surface area contributed by atoms with Gasteiger partial charge < -0.3 is 10.4 Å². The Hall–Kier alpha value is -1.37. The molecule has 1 amide bonds. The second kappa shape index (κ2) is 7.47. The summed E-state index contributed by atoms with van der Waals surface area (Å²) in [5.74, 6) is -1.91. The quantitative estimate of drug-likeness (QED) is 0.769. The maximum Gasteiger partial charge on any atom is 0.331 e. The number of carbonyl (C=O) groups excluding carboxylic acids is 1. The molecule has 1 saturated carbocycles. The number of aliphatic carboxylic acids is 1. The second-order valence-electron chi connectivity index (χ2n) is 5.35. The van der Waals surface area contributed by atoms with Crippen LogP contribution in [0.5, 0.6) is 0 Å². The Bertz CT molecular complexity index is 680. The number of halogens is 2. The van der Waals surface area contributed by atoms with E-state index in [0.717, 1.165) is 12.0 Å². The largest absolute Gasteiger partial charge is 0.478 e. The van der Waals surface area contributed by atoms with Crippen molar-refractivity contribution < 1.29 is 14.7 Å². The van der Waals surface area contributed by atoms with Crippen LogP contribution in [0.4, 0.5) is 5.13 Å². The minimum atomic E-state index is -1.04. The van der Waals surface area contributed by atoms with Crippen molar-refractivity contribution in [3.05, 3.63) is 33.3 Å². The van der Waals surface area contributed by atoms with Gasteiger partial charge in [-0.2, -0.15) is 0 Å². The Balaban J connectivity index is 2.43. The normalized spacial score (nSPS) is 20.9. The number of carboxylic acids is 1. The summed E-state index contributed by atoms with van der Waals surface area (Å²) >= 11 is 13.3. The first kappa shape index (κ1) is 18.0. The van der Waals surface area contributed by atoms with Crippen LogP contribution in [-0.4, -0.2) is 22.0 Å². The molecule has 23 heavy (non-hydrogen) atoms. The van der Waals surface area contributed by atoms with Gasteiger partial charge in [0.25, 0.3) is 0 Å². The minimum absolute atomic E-state index is 0.121. The average Bonchev–Trinajstić information content (AvgIpc) is 2.92. The number of anilines is 1. The molecule has 5 nitrogen and oxygen atoms in total. The Morgan fingerprint density at radius 1 is 1.48 bits per heavy atom. The van der Waals surface area contributed by atoms with E-state index in [2.05, 4.69) is 16.9 Å². The summed E-state index contributed by atoms with van der Waals surface area (Å²) in [6, 6.07) is 0. The van der Waals surface area contributed by atoms with E-state index in [1.807, 2.05) is 0 Å². The van der Waals surface area contributed by atoms with Gasteiger partial charge in [0.05, 0.1) is 5.69 Å². The number of rotatable bonds is 4. The predicted molar refractivity (Wildman–Crippen MR) is 92.0 cm³/mol. The molecular weight excluding hydrogens is 359 g/mol. The number of thiazole rings is 1. The monoisotopic (exact) mass is 374 g/mol. The molecule has 2 atom stereocenters. The van der Waals surface area contributed by atoms with E-state index < -0.39 is 5.97 Å². The van der Waals surface area contributed by atoms with E-state index in [0.29, 0.717) is 23.7 Å². The van der Waals surface area contributed by atoms with Gasteiger partial charge in [-0.3, -0.25) is 4.79 Å². The van der Waals surface area contributed by atoms with Gasteiger partial charge in [-0.25, -0.2) is 9.78 Å². The van der Waals surface area contributed by atoms with Crippen LogP contribution in [0.3, 0.4) is 0 Å². The lowest BCUT2D eigenvalue weighted by Crippen LogP contribution is -2.25. The fourth-order valence-electron chi connectivity index (χ4n) is 2.85. The highest BCUT2D eigenvalue weighted by Crippen LogP contribution is 2.47. The summed E-state index contributed by atoms with van der Waals surface area (Å²) in [6.45, 7) is 5.10. The zero-order valence-corrected chi connectivity index (χ0v) is 14.8. The number of amides is 1. The molecule has 0 aromatic carbocycles. The molecular formula is C15H16Cl2N2O3S. The van der Waals surface area contributed by atoms with Crippen LogP contribution in [0, 0.1) is 5.92 Å². The van der Waals surface area contributed by atoms with E-state index >= 15 is 0 Å². The van der Waals surface area contributed by atoms with Crippen molar-refractivity contribution in [1.29, 1.82) is 0 Å².